The first kappa shape index (κ1) is 12.2. The minimum absolute atomic E-state index is 0.0519. The van der Waals surface area contributed by atoms with Gasteiger partial charge < -0.3 is 4.90 Å². The fourth-order valence-corrected chi connectivity index (χ4v) is 2.01. The molecular weight excluding hydrogens is 188 g/mol. The molecule has 0 unspecified atom stereocenters. The Kier molecular flexibility index (Phi) is 3.55. The predicted octanol–water partition coefficient (Wildman–Crippen LogP) is 1.50. The molecule has 1 aliphatic heterocycles. The van der Waals surface area contributed by atoms with Gasteiger partial charge in [0.2, 0.25) is 5.91 Å². The summed E-state index contributed by atoms with van der Waals surface area (Å²) in [5.74, 6) is 0.0519. The molecule has 0 radical (unpaired) electrons. The molecule has 3 nitrogen and oxygen atoms in total. The molecule has 1 fully saturated rings. The molecule has 15 heavy (non-hydrogen) atoms. The third kappa shape index (κ3) is 2.81. The van der Waals surface area contributed by atoms with E-state index >= 15 is 0 Å². The highest BCUT2D eigenvalue weighted by Gasteiger charge is 2.31. The standard InChI is InChI=1S/C12H22N2O/c1-6-11(15)14-8-7-13(9-10(14)2)12(3,4)5/h6,10H,1,7-9H2,2-5H3/t10-/m0/s1. The van der Waals surface area contributed by atoms with Crippen LogP contribution in [0.1, 0.15) is 27.7 Å². The summed E-state index contributed by atoms with van der Waals surface area (Å²) in [6.45, 7) is 15.0. The molecule has 0 bridgehead atoms. The van der Waals surface area contributed by atoms with Crippen LogP contribution in [0.2, 0.25) is 0 Å². The Hall–Kier alpha value is -0.830. The summed E-state index contributed by atoms with van der Waals surface area (Å²) in [5.41, 5.74) is 0.192. The highest BCUT2D eigenvalue weighted by atomic mass is 16.2. The van der Waals surface area contributed by atoms with Crippen molar-refractivity contribution < 1.29 is 4.79 Å². The molecule has 3 heteroatoms. The second-order valence-corrected chi connectivity index (χ2v) is 5.20. The molecule has 1 saturated heterocycles. The molecule has 0 aliphatic carbocycles. The molecule has 0 aromatic heterocycles. The van der Waals surface area contributed by atoms with Gasteiger partial charge in [0.05, 0.1) is 0 Å². The van der Waals surface area contributed by atoms with Crippen molar-refractivity contribution in [2.24, 2.45) is 0 Å². The average molecular weight is 210 g/mol. The van der Waals surface area contributed by atoms with E-state index in [1.807, 2.05) is 4.90 Å². The Labute approximate surface area is 92.7 Å². The van der Waals surface area contributed by atoms with E-state index in [0.29, 0.717) is 0 Å². The Morgan fingerprint density at radius 3 is 2.40 bits per heavy atom. The van der Waals surface area contributed by atoms with Gasteiger partial charge in [-0.1, -0.05) is 6.58 Å². The lowest BCUT2D eigenvalue weighted by Gasteiger charge is -2.45. The van der Waals surface area contributed by atoms with Crippen LogP contribution in [-0.2, 0) is 4.79 Å². The molecule has 0 aromatic rings. The van der Waals surface area contributed by atoms with E-state index in [4.69, 9.17) is 0 Å². The summed E-state index contributed by atoms with van der Waals surface area (Å²) in [5, 5.41) is 0. The fraction of sp³-hybridized carbons (Fsp3) is 0.750. The molecule has 1 heterocycles. The molecule has 1 rings (SSSR count). The van der Waals surface area contributed by atoms with Crippen molar-refractivity contribution >= 4 is 5.91 Å². The first-order valence-corrected chi connectivity index (χ1v) is 5.54. The maximum Gasteiger partial charge on any atom is 0.246 e. The second-order valence-electron chi connectivity index (χ2n) is 5.20. The number of hydrogen-bond acceptors (Lipinski definition) is 2. The maximum absolute atomic E-state index is 11.5. The summed E-state index contributed by atoms with van der Waals surface area (Å²) in [7, 11) is 0. The quantitative estimate of drug-likeness (QED) is 0.612. The van der Waals surface area contributed by atoms with Crippen molar-refractivity contribution in [2.45, 2.75) is 39.3 Å². The van der Waals surface area contributed by atoms with Crippen LogP contribution in [0, 0.1) is 0 Å². The maximum atomic E-state index is 11.5. The molecule has 0 saturated carbocycles. The topological polar surface area (TPSA) is 23.6 Å². The lowest BCUT2D eigenvalue weighted by molar-refractivity contribution is -0.131. The Balaban J connectivity index is 2.63. The first-order valence-electron chi connectivity index (χ1n) is 5.54. The van der Waals surface area contributed by atoms with Gasteiger partial charge in [-0.05, 0) is 33.8 Å². The van der Waals surface area contributed by atoms with Crippen molar-refractivity contribution in [3.63, 3.8) is 0 Å². The monoisotopic (exact) mass is 210 g/mol. The van der Waals surface area contributed by atoms with Gasteiger partial charge in [-0.15, -0.1) is 0 Å². The lowest BCUT2D eigenvalue weighted by atomic mass is 10.0. The van der Waals surface area contributed by atoms with Gasteiger partial charge in [-0.25, -0.2) is 0 Å². The minimum Gasteiger partial charge on any atom is -0.334 e. The summed E-state index contributed by atoms with van der Waals surface area (Å²) < 4.78 is 0. The van der Waals surface area contributed by atoms with Crippen molar-refractivity contribution in [3.8, 4) is 0 Å². The molecule has 0 aromatic carbocycles. The average Bonchev–Trinajstić information content (AvgIpc) is 2.15. The van der Waals surface area contributed by atoms with E-state index in [2.05, 4.69) is 39.2 Å². The lowest BCUT2D eigenvalue weighted by Crippen LogP contribution is -2.58. The van der Waals surface area contributed by atoms with Gasteiger partial charge in [-0.2, -0.15) is 0 Å². The van der Waals surface area contributed by atoms with Crippen molar-refractivity contribution in [1.29, 1.82) is 0 Å². The van der Waals surface area contributed by atoms with Crippen LogP contribution >= 0.6 is 0 Å². The van der Waals surface area contributed by atoms with Crippen LogP contribution in [-0.4, -0.2) is 46.9 Å². The molecule has 86 valence electrons. The number of nitrogens with zero attached hydrogens (tertiary/aromatic N) is 2. The Bertz CT molecular complexity index is 255. The van der Waals surface area contributed by atoms with Crippen LogP contribution in [0.4, 0.5) is 0 Å². The SMILES string of the molecule is C=CC(=O)N1CCN(C(C)(C)C)C[C@@H]1C. The van der Waals surface area contributed by atoms with E-state index in [1.165, 1.54) is 6.08 Å². The predicted molar refractivity (Wildman–Crippen MR) is 62.7 cm³/mol. The molecule has 1 amide bonds. The van der Waals surface area contributed by atoms with Gasteiger partial charge in [0.15, 0.2) is 0 Å². The van der Waals surface area contributed by atoms with Crippen LogP contribution in [0.25, 0.3) is 0 Å². The van der Waals surface area contributed by atoms with Gasteiger partial charge in [0.1, 0.15) is 0 Å². The molecule has 0 spiro atoms. The summed E-state index contributed by atoms with van der Waals surface area (Å²) in [6, 6.07) is 0.281. The summed E-state index contributed by atoms with van der Waals surface area (Å²) in [4.78, 5) is 15.8. The van der Waals surface area contributed by atoms with Crippen molar-refractivity contribution in [1.82, 2.24) is 9.80 Å². The third-order valence-electron chi connectivity index (χ3n) is 3.03. The van der Waals surface area contributed by atoms with Gasteiger partial charge >= 0.3 is 0 Å². The number of hydrogen-bond donors (Lipinski definition) is 0. The van der Waals surface area contributed by atoms with E-state index in [1.54, 1.807) is 0 Å². The molecule has 0 N–H and O–H groups in total. The molecule has 1 aliphatic rings. The van der Waals surface area contributed by atoms with Crippen LogP contribution in [0.5, 0.6) is 0 Å². The third-order valence-corrected chi connectivity index (χ3v) is 3.03. The van der Waals surface area contributed by atoms with Crippen molar-refractivity contribution in [3.05, 3.63) is 12.7 Å². The Morgan fingerprint density at radius 2 is 2.00 bits per heavy atom. The number of amides is 1. The highest BCUT2D eigenvalue weighted by molar-refractivity contribution is 5.87. The minimum atomic E-state index is 0.0519. The fourth-order valence-electron chi connectivity index (χ4n) is 2.01. The highest BCUT2D eigenvalue weighted by Crippen LogP contribution is 2.19. The smallest absolute Gasteiger partial charge is 0.246 e. The van der Waals surface area contributed by atoms with Crippen LogP contribution in [0.3, 0.4) is 0 Å². The van der Waals surface area contributed by atoms with Crippen LogP contribution < -0.4 is 0 Å². The van der Waals surface area contributed by atoms with Crippen molar-refractivity contribution in [2.75, 3.05) is 19.6 Å². The normalized spacial score (nSPS) is 24.0. The second kappa shape index (κ2) is 4.35. The number of carbonyl (C=O) groups excluding carboxylic acids is 1. The zero-order valence-corrected chi connectivity index (χ0v) is 10.3. The van der Waals surface area contributed by atoms with E-state index in [0.717, 1.165) is 19.6 Å². The molecular formula is C12H22N2O. The van der Waals surface area contributed by atoms with Gasteiger partial charge in [-0.3, -0.25) is 9.69 Å². The molecule has 1 atom stereocenters. The first-order chi connectivity index (χ1) is 6.86. The summed E-state index contributed by atoms with van der Waals surface area (Å²) in [6.07, 6.45) is 1.41. The van der Waals surface area contributed by atoms with E-state index in [-0.39, 0.29) is 17.5 Å². The zero-order chi connectivity index (χ0) is 11.6. The largest absolute Gasteiger partial charge is 0.334 e. The zero-order valence-electron chi connectivity index (χ0n) is 10.3. The summed E-state index contributed by atoms with van der Waals surface area (Å²) >= 11 is 0. The van der Waals surface area contributed by atoms with Gasteiger partial charge in [0, 0.05) is 31.2 Å². The Morgan fingerprint density at radius 1 is 1.40 bits per heavy atom. The number of carbonyl (C=O) groups is 1. The van der Waals surface area contributed by atoms with Gasteiger partial charge in [0.25, 0.3) is 0 Å². The number of rotatable bonds is 1. The van der Waals surface area contributed by atoms with Crippen LogP contribution in [0.15, 0.2) is 12.7 Å². The van der Waals surface area contributed by atoms with E-state index in [9.17, 15) is 4.79 Å². The van der Waals surface area contributed by atoms with E-state index < -0.39 is 0 Å². The number of piperazine rings is 1.